The number of thioether (sulfide) groups is 1. The molecule has 2 aromatic carbocycles. The van der Waals surface area contributed by atoms with Gasteiger partial charge in [0.05, 0.1) is 10.6 Å². The number of amidine groups is 1. The number of nitrogens with zero attached hydrogens (tertiary/aromatic N) is 2. The monoisotopic (exact) mass is 411 g/mol. The number of aryl methyl sites for hydroxylation is 1. The van der Waals surface area contributed by atoms with Gasteiger partial charge in [0, 0.05) is 28.1 Å². The van der Waals surface area contributed by atoms with Gasteiger partial charge >= 0.3 is 0 Å². The van der Waals surface area contributed by atoms with Gasteiger partial charge in [0.25, 0.3) is 5.91 Å². The minimum atomic E-state index is -0.121. The van der Waals surface area contributed by atoms with E-state index in [-0.39, 0.29) is 5.91 Å². The van der Waals surface area contributed by atoms with Crippen molar-refractivity contribution in [2.45, 2.75) is 0 Å². The van der Waals surface area contributed by atoms with Gasteiger partial charge < -0.3 is 9.88 Å². The van der Waals surface area contributed by atoms with E-state index < -0.39 is 0 Å². The van der Waals surface area contributed by atoms with Crippen LogP contribution < -0.4 is 5.32 Å². The molecule has 0 radical (unpaired) electrons. The standard InChI is InChI=1S/C19H14BrN3OS/c1-23-15(9-12-5-2-3-8-16(12)23)11-17-18(24)22-19(25-17)21-14-7-4-6-13(20)10-14/h2-11H,1H3,(H,21,22,24)/b17-11+. The summed E-state index contributed by atoms with van der Waals surface area (Å²) in [6.07, 6.45) is 1.91. The second-order valence-electron chi connectivity index (χ2n) is 5.65. The number of amides is 1. The number of fused-ring (bicyclic) bond motifs is 1. The normalized spacial score (nSPS) is 17.6. The summed E-state index contributed by atoms with van der Waals surface area (Å²) in [6, 6.07) is 17.9. The zero-order valence-electron chi connectivity index (χ0n) is 13.4. The lowest BCUT2D eigenvalue weighted by Crippen LogP contribution is -2.19. The topological polar surface area (TPSA) is 46.4 Å². The minimum absolute atomic E-state index is 0.121. The summed E-state index contributed by atoms with van der Waals surface area (Å²) in [5.41, 5.74) is 2.92. The number of carbonyl (C=O) groups excluding carboxylic acids is 1. The molecule has 25 heavy (non-hydrogen) atoms. The lowest BCUT2D eigenvalue weighted by molar-refractivity contribution is -0.115. The number of halogens is 1. The van der Waals surface area contributed by atoms with Crippen LogP contribution in [0.2, 0.25) is 0 Å². The maximum absolute atomic E-state index is 12.3. The second kappa shape index (κ2) is 6.54. The van der Waals surface area contributed by atoms with E-state index in [4.69, 9.17) is 0 Å². The number of aromatic nitrogens is 1. The van der Waals surface area contributed by atoms with E-state index >= 15 is 0 Å². The lowest BCUT2D eigenvalue weighted by Gasteiger charge is -1.99. The molecule has 1 fully saturated rings. The third kappa shape index (κ3) is 3.27. The Kier molecular flexibility index (Phi) is 4.23. The van der Waals surface area contributed by atoms with Crippen LogP contribution in [-0.2, 0) is 11.8 Å². The smallest absolute Gasteiger partial charge is 0.264 e. The highest BCUT2D eigenvalue weighted by Crippen LogP contribution is 2.30. The molecule has 1 N–H and O–H groups in total. The minimum Gasteiger partial charge on any atom is -0.344 e. The van der Waals surface area contributed by atoms with Crippen LogP contribution in [0, 0.1) is 0 Å². The molecule has 1 aliphatic heterocycles. The Labute approximate surface area is 157 Å². The van der Waals surface area contributed by atoms with Crippen LogP contribution in [0.1, 0.15) is 5.69 Å². The first-order chi connectivity index (χ1) is 12.1. The van der Waals surface area contributed by atoms with Gasteiger partial charge in [0.1, 0.15) is 0 Å². The first-order valence-corrected chi connectivity index (χ1v) is 9.31. The van der Waals surface area contributed by atoms with Gasteiger partial charge in [-0.15, -0.1) is 0 Å². The van der Waals surface area contributed by atoms with Crippen LogP contribution >= 0.6 is 27.7 Å². The van der Waals surface area contributed by atoms with Gasteiger partial charge in [-0.05, 0) is 48.2 Å². The molecule has 0 bridgehead atoms. The van der Waals surface area contributed by atoms with Gasteiger partial charge in [0.2, 0.25) is 0 Å². The van der Waals surface area contributed by atoms with Crippen molar-refractivity contribution >= 4 is 61.4 Å². The zero-order valence-corrected chi connectivity index (χ0v) is 15.8. The number of aliphatic imine (C=N–C) groups is 1. The average molecular weight is 412 g/mol. The molecule has 1 aliphatic rings. The molecule has 124 valence electrons. The highest BCUT2D eigenvalue weighted by atomic mass is 79.9. The van der Waals surface area contributed by atoms with Gasteiger partial charge in [-0.1, -0.05) is 40.2 Å². The summed E-state index contributed by atoms with van der Waals surface area (Å²) in [4.78, 5) is 17.4. The fraction of sp³-hybridized carbons (Fsp3) is 0.0526. The number of carbonyl (C=O) groups is 1. The van der Waals surface area contributed by atoms with Gasteiger partial charge in [0.15, 0.2) is 5.17 Å². The molecular weight excluding hydrogens is 398 g/mol. The van der Waals surface area contributed by atoms with Gasteiger partial charge in [-0.3, -0.25) is 4.79 Å². The third-order valence-corrected chi connectivity index (χ3v) is 5.36. The molecular formula is C19H14BrN3OS. The quantitative estimate of drug-likeness (QED) is 0.613. The highest BCUT2D eigenvalue weighted by molar-refractivity contribution is 9.10. The molecule has 1 aromatic heterocycles. The molecule has 0 atom stereocenters. The number of benzene rings is 2. The maximum atomic E-state index is 12.3. The number of para-hydroxylation sites is 1. The Morgan fingerprint density at radius 2 is 2.00 bits per heavy atom. The highest BCUT2D eigenvalue weighted by Gasteiger charge is 2.24. The largest absolute Gasteiger partial charge is 0.344 e. The van der Waals surface area contributed by atoms with Crippen molar-refractivity contribution in [2.24, 2.45) is 12.0 Å². The van der Waals surface area contributed by atoms with Crippen LogP contribution in [0.4, 0.5) is 5.69 Å². The van der Waals surface area contributed by atoms with Crippen molar-refractivity contribution in [3.63, 3.8) is 0 Å². The Hall–Kier alpha value is -2.31. The Morgan fingerprint density at radius 1 is 1.16 bits per heavy atom. The van der Waals surface area contributed by atoms with E-state index in [0.717, 1.165) is 26.8 Å². The SMILES string of the molecule is Cn1c(/C=C2/SC(=Nc3cccc(Br)c3)NC2=O)cc2ccccc21. The maximum Gasteiger partial charge on any atom is 0.264 e. The van der Waals surface area contributed by atoms with E-state index in [9.17, 15) is 4.79 Å². The van der Waals surface area contributed by atoms with Crippen LogP contribution in [0.3, 0.4) is 0 Å². The summed E-state index contributed by atoms with van der Waals surface area (Å²) in [5, 5.41) is 4.57. The number of rotatable bonds is 2. The van der Waals surface area contributed by atoms with Crippen molar-refractivity contribution in [1.29, 1.82) is 0 Å². The Morgan fingerprint density at radius 3 is 2.80 bits per heavy atom. The third-order valence-electron chi connectivity index (χ3n) is 3.96. The van der Waals surface area contributed by atoms with Crippen LogP contribution in [0.5, 0.6) is 0 Å². The van der Waals surface area contributed by atoms with E-state index in [1.54, 1.807) is 0 Å². The van der Waals surface area contributed by atoms with Crippen molar-refractivity contribution in [1.82, 2.24) is 9.88 Å². The van der Waals surface area contributed by atoms with Crippen molar-refractivity contribution < 1.29 is 4.79 Å². The second-order valence-corrected chi connectivity index (χ2v) is 7.59. The molecule has 0 unspecified atom stereocenters. The number of hydrogen-bond donors (Lipinski definition) is 1. The summed E-state index contributed by atoms with van der Waals surface area (Å²) < 4.78 is 3.04. The van der Waals surface area contributed by atoms with Crippen molar-refractivity contribution in [3.05, 3.63) is 69.7 Å². The predicted octanol–water partition coefficient (Wildman–Crippen LogP) is 4.83. The molecule has 0 spiro atoms. The molecule has 0 saturated carbocycles. The van der Waals surface area contributed by atoms with Gasteiger partial charge in [-0.25, -0.2) is 4.99 Å². The summed E-state index contributed by atoms with van der Waals surface area (Å²) in [5.74, 6) is -0.121. The Balaban J connectivity index is 1.65. The molecule has 1 saturated heterocycles. The van der Waals surface area contributed by atoms with Crippen LogP contribution in [-0.4, -0.2) is 15.6 Å². The molecule has 0 aliphatic carbocycles. The van der Waals surface area contributed by atoms with Crippen molar-refractivity contribution in [3.8, 4) is 0 Å². The molecule has 1 amide bonds. The van der Waals surface area contributed by atoms with E-state index in [1.165, 1.54) is 11.8 Å². The van der Waals surface area contributed by atoms with E-state index in [0.29, 0.717) is 10.1 Å². The van der Waals surface area contributed by atoms with Crippen LogP contribution in [0.25, 0.3) is 17.0 Å². The van der Waals surface area contributed by atoms with Crippen LogP contribution in [0.15, 0.2) is 69.0 Å². The average Bonchev–Trinajstić information content (AvgIpc) is 3.09. The molecule has 4 nitrogen and oxygen atoms in total. The molecule has 4 rings (SSSR count). The first-order valence-electron chi connectivity index (χ1n) is 7.70. The molecule has 3 aromatic rings. The van der Waals surface area contributed by atoms with Gasteiger partial charge in [-0.2, -0.15) is 0 Å². The summed E-state index contributed by atoms with van der Waals surface area (Å²) in [6.45, 7) is 0. The van der Waals surface area contributed by atoms with E-state index in [1.807, 2.05) is 49.5 Å². The molecule has 2 heterocycles. The fourth-order valence-corrected chi connectivity index (χ4v) is 3.94. The zero-order chi connectivity index (χ0) is 17.4. The molecule has 6 heteroatoms. The van der Waals surface area contributed by atoms with Crippen molar-refractivity contribution in [2.75, 3.05) is 0 Å². The van der Waals surface area contributed by atoms with E-state index in [2.05, 4.69) is 49.0 Å². The lowest BCUT2D eigenvalue weighted by atomic mass is 10.2. The summed E-state index contributed by atoms with van der Waals surface area (Å²) in [7, 11) is 2.00. The number of hydrogen-bond acceptors (Lipinski definition) is 3. The Bertz CT molecular complexity index is 1050. The first kappa shape index (κ1) is 16.2. The summed E-state index contributed by atoms with van der Waals surface area (Å²) >= 11 is 4.78. The number of nitrogens with one attached hydrogen (secondary N) is 1. The fourth-order valence-electron chi connectivity index (χ4n) is 2.73. The predicted molar refractivity (Wildman–Crippen MR) is 108 cm³/mol.